The number of carbonyl (C=O) groups is 2. The van der Waals surface area contributed by atoms with Crippen LogP contribution in [0.2, 0.25) is 0 Å². The Morgan fingerprint density at radius 2 is 1.45 bits per heavy atom. The van der Waals surface area contributed by atoms with Gasteiger partial charge in [0.1, 0.15) is 5.78 Å². The predicted octanol–water partition coefficient (Wildman–Crippen LogP) is 4.28. The van der Waals surface area contributed by atoms with E-state index in [2.05, 4.69) is 48.6 Å². The second-order valence-electron chi connectivity index (χ2n) is 6.36. The van der Waals surface area contributed by atoms with Gasteiger partial charge >= 0.3 is 6.09 Å². The molecule has 200 valence electrons. The van der Waals surface area contributed by atoms with Crippen LogP contribution in [0, 0.1) is 12.8 Å². The Morgan fingerprint density at radius 1 is 1.06 bits per heavy atom. The number of aryl methyl sites for hydroxylation is 1. The van der Waals surface area contributed by atoms with Crippen molar-refractivity contribution in [2.75, 3.05) is 54.7 Å². The summed E-state index contributed by atoms with van der Waals surface area (Å²) in [7, 11) is 6.44. The Balaban J connectivity index is -0.0000000932. The fraction of sp³-hybridized carbons (Fsp3) is 0.826. The van der Waals surface area contributed by atoms with Crippen LogP contribution in [0.15, 0.2) is 10.8 Å². The highest BCUT2D eigenvalue weighted by Gasteiger charge is 2.12. The van der Waals surface area contributed by atoms with Crippen molar-refractivity contribution >= 4 is 11.9 Å². The van der Waals surface area contributed by atoms with Crippen LogP contribution < -0.4 is 10.6 Å². The fourth-order valence-electron chi connectivity index (χ4n) is 0.701. The highest BCUT2D eigenvalue weighted by Crippen LogP contribution is 2.26. The third-order valence-corrected chi connectivity index (χ3v) is 2.77. The summed E-state index contributed by atoms with van der Waals surface area (Å²) in [5, 5.41) is 12.1. The Hall–Kier alpha value is -2.04. The summed E-state index contributed by atoms with van der Waals surface area (Å²) in [5.41, 5.74) is 0. The van der Waals surface area contributed by atoms with Gasteiger partial charge in [-0.1, -0.05) is 26.7 Å². The minimum Gasteiger partial charge on any atom is -0.453 e. The van der Waals surface area contributed by atoms with E-state index >= 15 is 0 Å². The molecule has 2 rings (SSSR count). The zero-order valence-electron chi connectivity index (χ0n) is 23.2. The van der Waals surface area contributed by atoms with E-state index in [0.717, 1.165) is 32.3 Å². The van der Waals surface area contributed by atoms with Gasteiger partial charge in [-0.25, -0.2) is 4.79 Å². The molecular weight excluding hydrogens is 428 g/mol. The van der Waals surface area contributed by atoms with Crippen LogP contribution >= 0.6 is 0 Å². The molecule has 0 aliphatic heterocycles. The first-order valence-corrected chi connectivity index (χ1v) is 11.2. The number of ketones is 1. The number of nitrogens with one attached hydrogen (secondary N) is 2. The summed E-state index contributed by atoms with van der Waals surface area (Å²) >= 11 is 0. The smallest absolute Gasteiger partial charge is 0.406 e. The maximum absolute atomic E-state index is 9.85. The molecule has 1 heterocycles. The molecule has 2 N–H and O–H groups in total. The molecule has 0 bridgehead atoms. The number of nitrogens with zero attached hydrogens (tertiary/aromatic N) is 2. The molecule has 10 nitrogen and oxygen atoms in total. The Kier molecular flexibility index (Phi) is 50.4. The number of ether oxygens (including phenoxy) is 3. The number of methoxy groups -OCH3 is 2. The Labute approximate surface area is 202 Å². The topological polar surface area (TPSA) is 125 Å². The Bertz CT molecular complexity index is 436. The molecule has 1 aliphatic rings. The van der Waals surface area contributed by atoms with Crippen molar-refractivity contribution in [1.82, 2.24) is 20.8 Å². The van der Waals surface area contributed by atoms with Crippen molar-refractivity contribution < 1.29 is 28.2 Å². The van der Waals surface area contributed by atoms with Gasteiger partial charge in [0, 0.05) is 40.9 Å². The molecule has 0 radical (unpaired) electrons. The number of alkyl carbamates (subject to hydrolysis) is 1. The summed E-state index contributed by atoms with van der Waals surface area (Å²) in [6.45, 7) is 18.7. The molecule has 1 aliphatic carbocycles. The van der Waals surface area contributed by atoms with Gasteiger partial charge in [0.15, 0.2) is 0 Å². The van der Waals surface area contributed by atoms with Gasteiger partial charge in [0.05, 0.1) is 7.11 Å². The molecule has 0 spiro atoms. The first-order chi connectivity index (χ1) is 15.6. The van der Waals surface area contributed by atoms with Crippen LogP contribution in [0.4, 0.5) is 4.79 Å². The van der Waals surface area contributed by atoms with E-state index in [1.807, 2.05) is 27.8 Å². The normalized spacial score (nSPS) is 9.94. The van der Waals surface area contributed by atoms with Crippen LogP contribution in [0.1, 0.15) is 67.2 Å². The lowest BCUT2D eigenvalue weighted by Crippen LogP contribution is -2.16. The zero-order chi connectivity index (χ0) is 26.9. The number of aromatic nitrogens is 2. The van der Waals surface area contributed by atoms with Crippen LogP contribution in [0.5, 0.6) is 0 Å². The van der Waals surface area contributed by atoms with Crippen LogP contribution in [0.3, 0.4) is 0 Å². The van der Waals surface area contributed by atoms with Gasteiger partial charge in [0.25, 0.3) is 0 Å². The number of hydrogen-bond donors (Lipinski definition) is 2. The van der Waals surface area contributed by atoms with E-state index in [-0.39, 0.29) is 5.78 Å². The number of carbonyl (C=O) groups excluding carboxylic acids is 2. The first-order valence-electron chi connectivity index (χ1n) is 11.2. The van der Waals surface area contributed by atoms with Crippen molar-refractivity contribution in [3.05, 3.63) is 12.3 Å². The number of hydrogen-bond acceptors (Lipinski definition) is 9. The Morgan fingerprint density at radius 3 is 1.48 bits per heavy atom. The maximum atomic E-state index is 9.85. The molecule has 0 atom stereocenters. The van der Waals surface area contributed by atoms with Crippen molar-refractivity contribution in [3.63, 3.8) is 0 Å². The van der Waals surface area contributed by atoms with Gasteiger partial charge in [-0.05, 0) is 54.1 Å². The molecule has 1 amide bonds. The summed E-state index contributed by atoms with van der Waals surface area (Å²) in [5.74, 6) is 1.86. The molecule has 1 aromatic rings. The van der Waals surface area contributed by atoms with Crippen LogP contribution in [-0.4, -0.2) is 76.8 Å². The fourth-order valence-corrected chi connectivity index (χ4v) is 0.701. The molecular formula is C23H52N4O6. The summed E-state index contributed by atoms with van der Waals surface area (Å²) in [6.07, 6.45) is 3.87. The SMILES string of the molecule is CC(C)=O.CC1CC1.CCNC.CCOC.CCOCC.CNC(=O)OC.Cc1nnco1. The molecule has 10 heteroatoms. The quantitative estimate of drug-likeness (QED) is 0.649. The lowest BCUT2D eigenvalue weighted by molar-refractivity contribution is -0.115. The number of amides is 1. The van der Waals surface area contributed by atoms with Gasteiger partial charge < -0.3 is 34.1 Å². The molecule has 1 fully saturated rings. The van der Waals surface area contributed by atoms with Crippen molar-refractivity contribution in [2.45, 2.75) is 68.2 Å². The molecule has 0 unspecified atom stereocenters. The van der Waals surface area contributed by atoms with E-state index in [1.54, 1.807) is 14.0 Å². The van der Waals surface area contributed by atoms with E-state index < -0.39 is 6.09 Å². The van der Waals surface area contributed by atoms with E-state index in [0.29, 0.717) is 5.89 Å². The van der Waals surface area contributed by atoms with Crippen LogP contribution in [0.25, 0.3) is 0 Å². The van der Waals surface area contributed by atoms with Gasteiger partial charge in [-0.3, -0.25) is 0 Å². The van der Waals surface area contributed by atoms with Gasteiger partial charge in [-0.15, -0.1) is 10.2 Å². The third kappa shape index (κ3) is 91.9. The number of rotatable bonds is 4. The van der Waals surface area contributed by atoms with E-state index in [1.165, 1.54) is 47.2 Å². The van der Waals surface area contributed by atoms with Crippen molar-refractivity contribution in [2.24, 2.45) is 5.92 Å². The average molecular weight is 481 g/mol. The lowest BCUT2D eigenvalue weighted by Gasteiger charge is -1.90. The maximum Gasteiger partial charge on any atom is 0.406 e. The van der Waals surface area contributed by atoms with Crippen LogP contribution in [-0.2, 0) is 19.0 Å². The standard InChI is InChI=1S/C4H10O.C4H8.C3H4N2O.C3H7NO2.C3H9N.C3H8O.C3H6O/c1-3-5-4-2;1-4-2-3-4;1-3-5-4-2-6-3;1-4-3(5)6-2;2*1-3-4-2;1-3(2)4/h3-4H2,1-2H3;4H,2-3H2,1H3;2H,1H3;1-2H3,(H,4,5);4H,3H2,1-2H3;3H2,1-2H3;1-2H3. The van der Waals surface area contributed by atoms with Gasteiger partial charge in [0.2, 0.25) is 12.3 Å². The first kappa shape index (κ1) is 41.2. The number of Topliss-reactive ketones (excluding diaryl/α,β-unsaturated/α-hetero) is 1. The molecule has 1 saturated carbocycles. The lowest BCUT2D eigenvalue weighted by atomic mass is 10.5. The highest BCUT2D eigenvalue weighted by molar-refractivity contribution is 5.72. The minimum absolute atomic E-state index is 0.167. The van der Waals surface area contributed by atoms with Crippen molar-refractivity contribution in [1.29, 1.82) is 0 Å². The average Bonchev–Trinajstić information content (AvgIpc) is 3.44. The van der Waals surface area contributed by atoms with E-state index in [9.17, 15) is 9.59 Å². The monoisotopic (exact) mass is 480 g/mol. The summed E-state index contributed by atoms with van der Waals surface area (Å²) < 4.78 is 18.1. The van der Waals surface area contributed by atoms with Gasteiger partial charge in [-0.2, -0.15) is 0 Å². The van der Waals surface area contributed by atoms with Crippen molar-refractivity contribution in [3.8, 4) is 0 Å². The predicted molar refractivity (Wildman–Crippen MR) is 135 cm³/mol. The summed E-state index contributed by atoms with van der Waals surface area (Å²) in [6, 6.07) is 0. The molecule has 0 saturated heterocycles. The molecule has 0 aromatic carbocycles. The summed E-state index contributed by atoms with van der Waals surface area (Å²) in [4.78, 5) is 19.3. The largest absolute Gasteiger partial charge is 0.453 e. The second kappa shape index (κ2) is 40.3. The molecule has 33 heavy (non-hydrogen) atoms. The third-order valence-electron chi connectivity index (χ3n) is 2.77. The second-order valence-corrected chi connectivity index (χ2v) is 6.36. The molecule has 1 aromatic heterocycles. The minimum atomic E-state index is -0.407. The zero-order valence-corrected chi connectivity index (χ0v) is 23.2. The highest BCUT2D eigenvalue weighted by atomic mass is 16.5. The van der Waals surface area contributed by atoms with E-state index in [4.69, 9.17) is 4.74 Å².